The van der Waals surface area contributed by atoms with E-state index in [0.717, 1.165) is 32.5 Å². The highest BCUT2D eigenvalue weighted by Crippen LogP contribution is 2.09. The number of rotatable bonds is 9. The van der Waals surface area contributed by atoms with Crippen molar-refractivity contribution in [2.75, 3.05) is 32.8 Å². The maximum Gasteiger partial charge on any atom is 0.237 e. The fourth-order valence-corrected chi connectivity index (χ4v) is 2.56. The normalized spacial score (nSPS) is 20.6. The van der Waals surface area contributed by atoms with Gasteiger partial charge in [0, 0.05) is 25.7 Å². The van der Waals surface area contributed by atoms with E-state index in [0.29, 0.717) is 18.5 Å². The van der Waals surface area contributed by atoms with E-state index < -0.39 is 0 Å². The van der Waals surface area contributed by atoms with E-state index in [9.17, 15) is 9.90 Å². The molecule has 5 heteroatoms. The first-order chi connectivity index (χ1) is 9.54. The molecule has 2 atom stereocenters. The lowest BCUT2D eigenvalue weighted by molar-refractivity contribution is -0.126. The van der Waals surface area contributed by atoms with Crippen molar-refractivity contribution in [3.8, 4) is 0 Å². The molecule has 0 aromatic carbocycles. The molecule has 1 amide bonds. The molecule has 1 heterocycles. The van der Waals surface area contributed by atoms with Gasteiger partial charge in [-0.1, -0.05) is 13.8 Å². The summed E-state index contributed by atoms with van der Waals surface area (Å²) in [6.07, 6.45) is 3.36. The van der Waals surface area contributed by atoms with Crippen LogP contribution >= 0.6 is 0 Å². The fourth-order valence-electron chi connectivity index (χ4n) is 2.56. The summed E-state index contributed by atoms with van der Waals surface area (Å²) in [5.41, 5.74) is 0. The molecule has 0 spiro atoms. The van der Waals surface area contributed by atoms with E-state index in [4.69, 9.17) is 0 Å². The number of carbonyl (C=O) groups is 1. The lowest BCUT2D eigenvalue weighted by Crippen LogP contribution is -2.50. The summed E-state index contributed by atoms with van der Waals surface area (Å²) in [5.74, 6) is 0.666. The third-order valence-corrected chi connectivity index (χ3v) is 3.95. The van der Waals surface area contributed by atoms with E-state index in [1.54, 1.807) is 0 Å². The molecule has 20 heavy (non-hydrogen) atoms. The zero-order valence-corrected chi connectivity index (χ0v) is 13.2. The molecule has 2 unspecified atom stereocenters. The number of hydrogen-bond acceptors (Lipinski definition) is 4. The highest BCUT2D eigenvalue weighted by Gasteiger charge is 2.24. The Bertz CT molecular complexity index is 278. The minimum Gasteiger partial charge on any atom is -0.395 e. The van der Waals surface area contributed by atoms with Crippen molar-refractivity contribution in [2.24, 2.45) is 5.92 Å². The van der Waals surface area contributed by atoms with Crippen LogP contribution in [0.2, 0.25) is 0 Å². The predicted octanol–water partition coefficient (Wildman–Crippen LogP) is 0.584. The first-order valence-electron chi connectivity index (χ1n) is 7.90. The van der Waals surface area contributed by atoms with Gasteiger partial charge in [0.1, 0.15) is 0 Å². The SMILES string of the molecule is CC(C)CCNC(=O)C(C)N(CCO)CC1CCCN1. The highest BCUT2D eigenvalue weighted by atomic mass is 16.3. The Balaban J connectivity index is 2.40. The summed E-state index contributed by atoms with van der Waals surface area (Å²) in [5, 5.41) is 15.6. The lowest BCUT2D eigenvalue weighted by atomic mass is 10.1. The second-order valence-electron chi connectivity index (χ2n) is 6.16. The maximum atomic E-state index is 12.2. The van der Waals surface area contributed by atoms with Gasteiger partial charge in [0.05, 0.1) is 12.6 Å². The number of nitrogens with zero attached hydrogens (tertiary/aromatic N) is 1. The standard InChI is InChI=1S/C15H31N3O2/c1-12(2)6-8-17-15(20)13(3)18(9-10-19)11-14-5-4-7-16-14/h12-14,16,19H,4-11H2,1-3H3,(H,17,20). The number of carbonyl (C=O) groups excluding carboxylic acids is 1. The largest absolute Gasteiger partial charge is 0.395 e. The summed E-state index contributed by atoms with van der Waals surface area (Å²) in [7, 11) is 0. The molecule has 0 bridgehead atoms. The summed E-state index contributed by atoms with van der Waals surface area (Å²) in [6.45, 7) is 9.50. The molecule has 5 nitrogen and oxygen atoms in total. The van der Waals surface area contributed by atoms with Gasteiger partial charge < -0.3 is 15.7 Å². The van der Waals surface area contributed by atoms with Crippen LogP contribution in [-0.2, 0) is 4.79 Å². The van der Waals surface area contributed by atoms with Gasteiger partial charge in [0.15, 0.2) is 0 Å². The zero-order chi connectivity index (χ0) is 15.0. The summed E-state index contributed by atoms with van der Waals surface area (Å²) in [4.78, 5) is 14.2. The van der Waals surface area contributed by atoms with Gasteiger partial charge in [-0.25, -0.2) is 0 Å². The minimum atomic E-state index is -0.184. The first-order valence-corrected chi connectivity index (χ1v) is 7.90. The Labute approximate surface area is 123 Å². The number of amides is 1. The van der Waals surface area contributed by atoms with Crippen molar-refractivity contribution in [2.45, 2.75) is 52.1 Å². The van der Waals surface area contributed by atoms with Gasteiger partial charge in [-0.2, -0.15) is 0 Å². The fraction of sp³-hybridized carbons (Fsp3) is 0.933. The van der Waals surface area contributed by atoms with Crippen LogP contribution in [0.4, 0.5) is 0 Å². The van der Waals surface area contributed by atoms with Crippen LogP contribution in [0.25, 0.3) is 0 Å². The van der Waals surface area contributed by atoms with Gasteiger partial charge in [0.2, 0.25) is 5.91 Å². The van der Waals surface area contributed by atoms with Crippen molar-refractivity contribution >= 4 is 5.91 Å². The molecule has 0 saturated carbocycles. The van der Waals surface area contributed by atoms with Crippen molar-refractivity contribution in [1.29, 1.82) is 0 Å². The highest BCUT2D eigenvalue weighted by molar-refractivity contribution is 5.81. The Morgan fingerprint density at radius 3 is 2.75 bits per heavy atom. The van der Waals surface area contributed by atoms with Crippen LogP contribution in [0.5, 0.6) is 0 Å². The predicted molar refractivity (Wildman–Crippen MR) is 81.6 cm³/mol. The molecule has 1 saturated heterocycles. The third kappa shape index (κ3) is 6.20. The van der Waals surface area contributed by atoms with Crippen LogP contribution in [0.15, 0.2) is 0 Å². The van der Waals surface area contributed by atoms with Gasteiger partial charge in [-0.15, -0.1) is 0 Å². The summed E-state index contributed by atoms with van der Waals surface area (Å²) < 4.78 is 0. The maximum absolute atomic E-state index is 12.2. The Morgan fingerprint density at radius 1 is 1.45 bits per heavy atom. The summed E-state index contributed by atoms with van der Waals surface area (Å²) in [6, 6.07) is 0.268. The van der Waals surface area contributed by atoms with Gasteiger partial charge >= 0.3 is 0 Å². The summed E-state index contributed by atoms with van der Waals surface area (Å²) >= 11 is 0. The minimum absolute atomic E-state index is 0.0668. The molecule has 1 aliphatic rings. The van der Waals surface area contributed by atoms with Crippen LogP contribution in [-0.4, -0.2) is 60.8 Å². The molecule has 1 fully saturated rings. The average molecular weight is 285 g/mol. The van der Waals surface area contributed by atoms with Crippen LogP contribution in [0.1, 0.15) is 40.0 Å². The number of aliphatic hydroxyl groups is 1. The van der Waals surface area contributed by atoms with E-state index in [1.165, 1.54) is 6.42 Å². The topological polar surface area (TPSA) is 64.6 Å². The Hall–Kier alpha value is -0.650. The molecule has 0 aliphatic carbocycles. The van der Waals surface area contributed by atoms with Gasteiger partial charge in [-0.05, 0) is 38.6 Å². The lowest BCUT2D eigenvalue weighted by Gasteiger charge is -2.30. The van der Waals surface area contributed by atoms with E-state index >= 15 is 0 Å². The third-order valence-electron chi connectivity index (χ3n) is 3.95. The quantitative estimate of drug-likeness (QED) is 0.580. The van der Waals surface area contributed by atoms with Crippen LogP contribution < -0.4 is 10.6 Å². The van der Waals surface area contributed by atoms with E-state index in [-0.39, 0.29) is 18.6 Å². The smallest absolute Gasteiger partial charge is 0.237 e. The zero-order valence-electron chi connectivity index (χ0n) is 13.2. The molecule has 0 aromatic rings. The molecule has 1 aliphatic heterocycles. The molecule has 118 valence electrons. The van der Waals surface area contributed by atoms with Crippen LogP contribution in [0, 0.1) is 5.92 Å². The van der Waals surface area contributed by atoms with E-state index in [1.807, 2.05) is 6.92 Å². The molecule has 3 N–H and O–H groups in total. The average Bonchev–Trinajstić information content (AvgIpc) is 2.89. The number of nitrogens with one attached hydrogen (secondary N) is 2. The molecule has 0 radical (unpaired) electrons. The first kappa shape index (κ1) is 17.4. The number of hydrogen-bond donors (Lipinski definition) is 3. The van der Waals surface area contributed by atoms with Gasteiger partial charge in [-0.3, -0.25) is 9.69 Å². The molecular weight excluding hydrogens is 254 g/mol. The van der Waals surface area contributed by atoms with Crippen molar-refractivity contribution in [1.82, 2.24) is 15.5 Å². The Kier molecular flexibility index (Phi) is 8.11. The van der Waals surface area contributed by atoms with Crippen molar-refractivity contribution < 1.29 is 9.90 Å². The monoisotopic (exact) mass is 285 g/mol. The number of aliphatic hydroxyl groups excluding tert-OH is 1. The second-order valence-corrected chi connectivity index (χ2v) is 6.16. The molecule has 0 aromatic heterocycles. The van der Waals surface area contributed by atoms with Crippen molar-refractivity contribution in [3.05, 3.63) is 0 Å². The Morgan fingerprint density at radius 2 is 2.20 bits per heavy atom. The van der Waals surface area contributed by atoms with E-state index in [2.05, 4.69) is 29.4 Å². The van der Waals surface area contributed by atoms with Crippen molar-refractivity contribution in [3.63, 3.8) is 0 Å². The van der Waals surface area contributed by atoms with Gasteiger partial charge in [0.25, 0.3) is 0 Å². The molecule has 1 rings (SSSR count). The molecular formula is C15H31N3O2. The second kappa shape index (κ2) is 9.32. The van der Waals surface area contributed by atoms with Crippen LogP contribution in [0.3, 0.4) is 0 Å².